The Bertz CT molecular complexity index is 1170. The summed E-state index contributed by atoms with van der Waals surface area (Å²) in [5.74, 6) is 1.25. The van der Waals surface area contributed by atoms with Crippen molar-refractivity contribution in [2.45, 2.75) is 13.1 Å². The van der Waals surface area contributed by atoms with Gasteiger partial charge in [-0.3, -0.25) is 0 Å². The van der Waals surface area contributed by atoms with Crippen molar-refractivity contribution in [2.75, 3.05) is 28.6 Å². The number of imidazole rings is 1. The van der Waals surface area contributed by atoms with E-state index in [9.17, 15) is 0 Å². The van der Waals surface area contributed by atoms with Gasteiger partial charge in [-0.05, 0) is 17.7 Å². The Kier molecular flexibility index (Phi) is 4.44. The van der Waals surface area contributed by atoms with E-state index in [2.05, 4.69) is 60.1 Å². The molecule has 0 unspecified atom stereocenters. The number of nitrogens with one attached hydrogen (secondary N) is 2. The van der Waals surface area contributed by atoms with E-state index in [1.54, 1.807) is 6.33 Å². The average Bonchev–Trinajstić information content (AvgIpc) is 3.11. The van der Waals surface area contributed by atoms with Crippen LogP contribution in [0.2, 0.25) is 5.02 Å². The van der Waals surface area contributed by atoms with E-state index < -0.39 is 0 Å². The highest BCUT2D eigenvalue weighted by Gasteiger charge is 2.26. The summed E-state index contributed by atoms with van der Waals surface area (Å²) in [6.07, 6.45) is 1.64. The van der Waals surface area contributed by atoms with Crippen LogP contribution in [0.25, 0.3) is 11.2 Å². The number of nitrogens with two attached hydrogens (primary N) is 1. The Labute approximate surface area is 173 Å². The first-order valence-electron chi connectivity index (χ1n) is 9.52. The highest BCUT2D eigenvalue weighted by molar-refractivity contribution is 6.31. The van der Waals surface area contributed by atoms with Gasteiger partial charge in [-0.15, -0.1) is 0 Å². The van der Waals surface area contributed by atoms with Gasteiger partial charge in [0, 0.05) is 29.4 Å². The molecular weight excluding hydrogens is 386 g/mol. The Hall–Kier alpha value is -3.32. The minimum Gasteiger partial charge on any atom is -0.364 e. The summed E-state index contributed by atoms with van der Waals surface area (Å²) in [6, 6.07) is 16.5. The maximum atomic E-state index is 6.43. The van der Waals surface area contributed by atoms with Crippen LogP contribution in [0.1, 0.15) is 11.1 Å². The lowest BCUT2D eigenvalue weighted by Gasteiger charge is -2.25. The van der Waals surface area contributed by atoms with Gasteiger partial charge >= 0.3 is 5.95 Å². The largest absolute Gasteiger partial charge is 0.364 e. The van der Waals surface area contributed by atoms with Gasteiger partial charge in [-0.25, -0.2) is 9.97 Å². The fourth-order valence-corrected chi connectivity index (χ4v) is 4.09. The molecule has 1 aliphatic heterocycles. The molecule has 146 valence electrons. The minimum atomic E-state index is 0.352. The molecule has 4 aromatic rings. The summed E-state index contributed by atoms with van der Waals surface area (Å²) in [5.41, 5.74) is 11.1. The van der Waals surface area contributed by atoms with Crippen LogP contribution < -0.4 is 20.5 Å². The number of hydrogen-bond donors (Lipinski definition) is 2. The van der Waals surface area contributed by atoms with Crippen molar-refractivity contribution in [1.82, 2.24) is 15.0 Å². The van der Waals surface area contributed by atoms with Crippen molar-refractivity contribution in [1.29, 1.82) is 0 Å². The Morgan fingerprint density at radius 2 is 1.93 bits per heavy atom. The Morgan fingerprint density at radius 3 is 2.83 bits per heavy atom. The quantitative estimate of drug-likeness (QED) is 0.546. The van der Waals surface area contributed by atoms with E-state index in [1.165, 1.54) is 11.3 Å². The van der Waals surface area contributed by atoms with Crippen molar-refractivity contribution in [3.05, 3.63) is 71.0 Å². The number of nitrogens with zero attached hydrogens (tertiary/aromatic N) is 4. The molecular formula is C21H21ClN7+. The number of rotatable bonds is 3. The average molecular weight is 407 g/mol. The van der Waals surface area contributed by atoms with E-state index in [0.29, 0.717) is 11.6 Å². The van der Waals surface area contributed by atoms with Crippen molar-refractivity contribution in [3.8, 4) is 0 Å². The van der Waals surface area contributed by atoms with Gasteiger partial charge in [0.05, 0.1) is 19.4 Å². The zero-order valence-electron chi connectivity index (χ0n) is 15.8. The number of H-pyrrole nitrogens is 2. The summed E-state index contributed by atoms with van der Waals surface area (Å²) < 4.78 is 0. The molecule has 1 aliphatic rings. The molecule has 5 rings (SSSR count). The number of anilines is 3. The molecule has 0 fully saturated rings. The number of hydrogen-bond acceptors (Lipinski definition) is 5. The van der Waals surface area contributed by atoms with Crippen LogP contribution in [-0.4, -0.2) is 28.0 Å². The fraction of sp³-hybridized carbons (Fsp3) is 0.190. The maximum Gasteiger partial charge on any atom is 0.344 e. The SMILES string of the molecule is Nc1nc2nc[nH]c2c(N2CCN(Cc3ccccc3Cl)c3ccccc3C2)[nH+]1. The molecule has 0 amide bonds. The van der Waals surface area contributed by atoms with Gasteiger partial charge in [0.15, 0.2) is 5.52 Å². The Balaban J connectivity index is 1.52. The van der Waals surface area contributed by atoms with Crippen molar-refractivity contribution >= 4 is 40.2 Å². The zero-order chi connectivity index (χ0) is 19.8. The lowest BCUT2D eigenvalue weighted by atomic mass is 10.1. The van der Waals surface area contributed by atoms with Gasteiger partial charge in [0.25, 0.3) is 0 Å². The smallest absolute Gasteiger partial charge is 0.344 e. The second-order valence-corrected chi connectivity index (χ2v) is 7.54. The third-order valence-corrected chi connectivity index (χ3v) is 5.67. The highest BCUT2D eigenvalue weighted by atomic mass is 35.5. The topological polar surface area (TPSA) is 88.2 Å². The van der Waals surface area contributed by atoms with Gasteiger partial charge in [0.1, 0.15) is 0 Å². The predicted octanol–water partition coefficient (Wildman–Crippen LogP) is 3.03. The number of aromatic amines is 2. The predicted molar refractivity (Wildman–Crippen MR) is 115 cm³/mol. The van der Waals surface area contributed by atoms with Gasteiger partial charge < -0.3 is 20.5 Å². The van der Waals surface area contributed by atoms with E-state index in [4.69, 9.17) is 17.3 Å². The number of benzene rings is 2. The fourth-order valence-electron chi connectivity index (χ4n) is 3.90. The second-order valence-electron chi connectivity index (χ2n) is 7.14. The van der Waals surface area contributed by atoms with E-state index >= 15 is 0 Å². The molecule has 0 aliphatic carbocycles. The first kappa shape index (κ1) is 17.8. The maximum absolute atomic E-state index is 6.43. The summed E-state index contributed by atoms with van der Waals surface area (Å²) in [4.78, 5) is 19.6. The molecule has 8 heteroatoms. The third kappa shape index (κ3) is 3.34. The molecule has 0 radical (unpaired) electrons. The molecule has 0 saturated heterocycles. The van der Waals surface area contributed by atoms with Crippen LogP contribution in [0, 0.1) is 0 Å². The van der Waals surface area contributed by atoms with Crippen LogP contribution in [0.3, 0.4) is 0 Å². The zero-order valence-corrected chi connectivity index (χ0v) is 16.5. The first-order chi connectivity index (χ1) is 14.2. The van der Waals surface area contributed by atoms with E-state index in [1.807, 2.05) is 18.2 Å². The van der Waals surface area contributed by atoms with Crippen LogP contribution >= 0.6 is 11.6 Å². The summed E-state index contributed by atoms with van der Waals surface area (Å²) in [6.45, 7) is 3.16. The minimum absolute atomic E-state index is 0.352. The normalized spacial score (nSPS) is 14.1. The summed E-state index contributed by atoms with van der Waals surface area (Å²) in [7, 11) is 0. The standard InChI is InChI=1S/C21H20ClN7/c22-16-7-3-1-5-14(16)11-28-9-10-29(12-15-6-2-4-8-17(15)28)20-18-19(25-13-24-18)26-21(23)27-20/h1-8,13H,9-12H2,(H3,23,24,25,26,27)/p+1. The van der Waals surface area contributed by atoms with Gasteiger partial charge in [-0.1, -0.05) is 53.0 Å². The van der Waals surface area contributed by atoms with Gasteiger partial charge in [-0.2, -0.15) is 0 Å². The number of para-hydroxylation sites is 1. The molecule has 0 saturated carbocycles. The molecule has 2 aromatic carbocycles. The molecule has 3 heterocycles. The highest BCUT2D eigenvalue weighted by Crippen LogP contribution is 2.30. The second kappa shape index (κ2) is 7.25. The van der Waals surface area contributed by atoms with Crippen LogP contribution in [0.15, 0.2) is 54.9 Å². The van der Waals surface area contributed by atoms with Crippen LogP contribution in [0.4, 0.5) is 17.5 Å². The lowest BCUT2D eigenvalue weighted by Crippen LogP contribution is -2.35. The van der Waals surface area contributed by atoms with E-state index in [-0.39, 0.29) is 0 Å². The van der Waals surface area contributed by atoms with Crippen LogP contribution in [-0.2, 0) is 13.1 Å². The number of fused-ring (bicyclic) bond motifs is 2. The Morgan fingerprint density at radius 1 is 1.10 bits per heavy atom. The molecule has 4 N–H and O–H groups in total. The molecule has 29 heavy (non-hydrogen) atoms. The summed E-state index contributed by atoms with van der Waals surface area (Å²) >= 11 is 6.43. The lowest BCUT2D eigenvalue weighted by molar-refractivity contribution is -0.348. The van der Waals surface area contributed by atoms with Gasteiger partial charge in [0.2, 0.25) is 11.5 Å². The number of aromatic nitrogens is 4. The molecule has 0 atom stereocenters. The third-order valence-electron chi connectivity index (χ3n) is 5.30. The number of nitrogen functional groups attached to an aromatic ring is 1. The van der Waals surface area contributed by atoms with Crippen molar-refractivity contribution in [2.24, 2.45) is 0 Å². The molecule has 0 bridgehead atoms. The monoisotopic (exact) mass is 406 g/mol. The van der Waals surface area contributed by atoms with Crippen molar-refractivity contribution in [3.63, 3.8) is 0 Å². The molecule has 2 aromatic heterocycles. The summed E-state index contributed by atoms with van der Waals surface area (Å²) in [5, 5.41) is 0.792. The molecule has 7 nitrogen and oxygen atoms in total. The van der Waals surface area contributed by atoms with Crippen molar-refractivity contribution < 1.29 is 4.98 Å². The number of halogens is 1. The van der Waals surface area contributed by atoms with Crippen LogP contribution in [0.5, 0.6) is 0 Å². The first-order valence-corrected chi connectivity index (χ1v) is 9.90. The van der Waals surface area contributed by atoms with E-state index in [0.717, 1.165) is 48.1 Å². The molecule has 0 spiro atoms.